The molecular weight excluding hydrogens is 460 g/mol. The van der Waals surface area contributed by atoms with E-state index in [4.69, 9.17) is 0 Å². The van der Waals surface area contributed by atoms with Crippen LogP contribution in [0.15, 0.2) is 34.2 Å². The Morgan fingerprint density at radius 1 is 1.06 bits per heavy atom. The van der Waals surface area contributed by atoms with Crippen LogP contribution in [0.4, 0.5) is 0 Å². The average molecular weight is 489 g/mol. The predicted octanol–water partition coefficient (Wildman–Crippen LogP) is 2.61. The molecule has 1 aliphatic heterocycles. The molecule has 0 radical (unpaired) electrons. The van der Waals surface area contributed by atoms with Crippen LogP contribution in [0.3, 0.4) is 0 Å². The van der Waals surface area contributed by atoms with Crippen LogP contribution in [0.25, 0.3) is 10.2 Å². The molecule has 3 aromatic rings. The predicted molar refractivity (Wildman–Crippen MR) is 129 cm³/mol. The Kier molecular flexibility index (Phi) is 6.43. The number of carbonyl (C=O) groups excluding carboxylic acids is 1. The molecule has 3 heterocycles. The van der Waals surface area contributed by atoms with E-state index >= 15 is 0 Å². The molecule has 1 saturated heterocycles. The van der Waals surface area contributed by atoms with E-state index in [-0.39, 0.29) is 42.4 Å². The van der Waals surface area contributed by atoms with Gasteiger partial charge >= 0.3 is 0 Å². The van der Waals surface area contributed by atoms with Crippen molar-refractivity contribution in [3.8, 4) is 0 Å². The number of nitrogens with zero attached hydrogens (tertiary/aromatic N) is 4. The van der Waals surface area contributed by atoms with Gasteiger partial charge in [-0.3, -0.25) is 14.2 Å². The monoisotopic (exact) mass is 488 g/mol. The number of hydrogen-bond donors (Lipinski definition) is 0. The maximum Gasteiger partial charge on any atom is 0.262 e. The molecule has 0 N–H and O–H groups in total. The third-order valence-corrected chi connectivity index (χ3v) is 9.44. The number of aryl methyl sites for hydroxylation is 5. The van der Waals surface area contributed by atoms with Crippen molar-refractivity contribution >= 4 is 37.5 Å². The lowest BCUT2D eigenvalue weighted by atomic mass is 10.1. The average Bonchev–Trinajstić information content (AvgIpc) is 3.09. The summed E-state index contributed by atoms with van der Waals surface area (Å²) in [5.41, 5.74) is 2.79. The van der Waals surface area contributed by atoms with Crippen LogP contribution in [0, 0.1) is 27.7 Å². The van der Waals surface area contributed by atoms with E-state index in [0.717, 1.165) is 26.4 Å². The van der Waals surface area contributed by atoms with Crippen molar-refractivity contribution in [3.63, 3.8) is 0 Å². The zero-order chi connectivity index (χ0) is 23.9. The minimum atomic E-state index is -3.59. The number of rotatable bonds is 5. The normalized spacial score (nSPS) is 15.3. The van der Waals surface area contributed by atoms with Crippen LogP contribution in [0.1, 0.15) is 28.0 Å². The highest BCUT2D eigenvalue weighted by molar-refractivity contribution is 7.89. The molecule has 1 amide bonds. The molecular formula is C23H28N4O4S2. The van der Waals surface area contributed by atoms with Crippen molar-refractivity contribution in [3.05, 3.63) is 56.4 Å². The summed E-state index contributed by atoms with van der Waals surface area (Å²) in [4.78, 5) is 33.7. The van der Waals surface area contributed by atoms with Crippen LogP contribution in [0.2, 0.25) is 0 Å². The minimum absolute atomic E-state index is 0.0940. The lowest BCUT2D eigenvalue weighted by Gasteiger charge is -2.34. The van der Waals surface area contributed by atoms with Gasteiger partial charge in [0.15, 0.2) is 0 Å². The molecule has 0 aliphatic carbocycles. The van der Waals surface area contributed by atoms with Gasteiger partial charge in [0.25, 0.3) is 5.56 Å². The SMILES string of the molecule is Cc1ccc(S(=O)(=O)N2CCN(C(=O)CCn3cnc4sc(C)c(C)c4c3=O)CC2)cc1C. The number of benzene rings is 1. The second kappa shape index (κ2) is 9.00. The van der Waals surface area contributed by atoms with Gasteiger partial charge in [0, 0.05) is 44.0 Å². The number of sulfonamides is 1. The van der Waals surface area contributed by atoms with Gasteiger partial charge in [0.2, 0.25) is 15.9 Å². The van der Waals surface area contributed by atoms with Gasteiger partial charge in [-0.05, 0) is 56.5 Å². The van der Waals surface area contributed by atoms with Crippen LogP contribution in [-0.2, 0) is 21.4 Å². The maximum absolute atomic E-state index is 13.0. The summed E-state index contributed by atoms with van der Waals surface area (Å²) in [5.74, 6) is -0.0940. The summed E-state index contributed by atoms with van der Waals surface area (Å²) in [5, 5.41) is 0.623. The highest BCUT2D eigenvalue weighted by Crippen LogP contribution is 2.25. The maximum atomic E-state index is 13.0. The quantitative estimate of drug-likeness (QED) is 0.551. The van der Waals surface area contributed by atoms with Crippen molar-refractivity contribution in [1.82, 2.24) is 18.8 Å². The van der Waals surface area contributed by atoms with Gasteiger partial charge in [-0.2, -0.15) is 4.31 Å². The van der Waals surface area contributed by atoms with Crippen LogP contribution >= 0.6 is 11.3 Å². The molecule has 0 unspecified atom stereocenters. The van der Waals surface area contributed by atoms with Crippen molar-refractivity contribution < 1.29 is 13.2 Å². The van der Waals surface area contributed by atoms with Gasteiger partial charge in [-0.1, -0.05) is 6.07 Å². The number of hydrogen-bond acceptors (Lipinski definition) is 6. The Bertz CT molecular complexity index is 1380. The largest absolute Gasteiger partial charge is 0.340 e. The summed E-state index contributed by atoms with van der Waals surface area (Å²) in [6, 6.07) is 5.14. The van der Waals surface area contributed by atoms with E-state index < -0.39 is 10.0 Å². The summed E-state index contributed by atoms with van der Waals surface area (Å²) < 4.78 is 28.9. The number of thiophene rings is 1. The Hall–Kier alpha value is -2.56. The number of aromatic nitrogens is 2. The summed E-state index contributed by atoms with van der Waals surface area (Å²) in [7, 11) is -3.59. The molecule has 0 saturated carbocycles. The molecule has 0 bridgehead atoms. The van der Waals surface area contributed by atoms with E-state index in [1.54, 1.807) is 17.0 Å². The fraction of sp³-hybridized carbons (Fsp3) is 0.435. The Labute approximate surface area is 197 Å². The van der Waals surface area contributed by atoms with E-state index in [9.17, 15) is 18.0 Å². The van der Waals surface area contributed by atoms with Crippen LogP contribution < -0.4 is 5.56 Å². The van der Waals surface area contributed by atoms with Crippen molar-refractivity contribution in [1.29, 1.82) is 0 Å². The molecule has 1 aromatic carbocycles. The van der Waals surface area contributed by atoms with Gasteiger partial charge in [0.05, 0.1) is 16.6 Å². The lowest BCUT2D eigenvalue weighted by molar-refractivity contribution is -0.132. The molecule has 33 heavy (non-hydrogen) atoms. The third kappa shape index (κ3) is 4.47. The number of fused-ring (bicyclic) bond motifs is 1. The first-order valence-corrected chi connectivity index (χ1v) is 13.2. The van der Waals surface area contributed by atoms with Gasteiger partial charge in [0.1, 0.15) is 4.83 Å². The second-order valence-corrected chi connectivity index (χ2v) is 11.6. The van der Waals surface area contributed by atoms with E-state index in [0.29, 0.717) is 18.5 Å². The third-order valence-electron chi connectivity index (χ3n) is 6.43. The Morgan fingerprint density at radius 3 is 2.42 bits per heavy atom. The molecule has 0 atom stereocenters. The van der Waals surface area contributed by atoms with Crippen molar-refractivity contribution in [2.24, 2.45) is 0 Å². The molecule has 1 aliphatic rings. The highest BCUT2D eigenvalue weighted by Gasteiger charge is 2.30. The standard InChI is InChI=1S/C23H28N4O4S2/c1-15-5-6-19(13-16(15)2)33(30,31)27-11-9-25(10-12-27)20(28)7-8-26-14-24-22-21(23(26)29)17(3)18(4)32-22/h5-6,13-14H,7-12H2,1-4H3. The number of carbonyl (C=O) groups is 1. The fourth-order valence-corrected chi connectivity index (χ4v) is 6.50. The Morgan fingerprint density at radius 2 is 1.76 bits per heavy atom. The van der Waals surface area contributed by atoms with Crippen molar-refractivity contribution in [2.75, 3.05) is 26.2 Å². The first kappa shape index (κ1) is 23.6. The molecule has 8 nitrogen and oxygen atoms in total. The van der Waals surface area contributed by atoms with Gasteiger partial charge in [-0.25, -0.2) is 13.4 Å². The van der Waals surface area contributed by atoms with E-state index in [1.165, 1.54) is 26.5 Å². The van der Waals surface area contributed by atoms with Gasteiger partial charge in [-0.15, -0.1) is 11.3 Å². The smallest absolute Gasteiger partial charge is 0.262 e. The topological polar surface area (TPSA) is 92.6 Å². The molecule has 2 aromatic heterocycles. The van der Waals surface area contributed by atoms with Crippen LogP contribution in [0.5, 0.6) is 0 Å². The summed E-state index contributed by atoms with van der Waals surface area (Å²) >= 11 is 1.50. The first-order valence-electron chi connectivity index (χ1n) is 10.9. The molecule has 10 heteroatoms. The number of piperazine rings is 1. The molecule has 1 fully saturated rings. The zero-order valence-electron chi connectivity index (χ0n) is 19.3. The second-order valence-electron chi connectivity index (χ2n) is 8.49. The van der Waals surface area contributed by atoms with Crippen molar-refractivity contribution in [2.45, 2.75) is 45.6 Å². The molecule has 4 rings (SSSR count). The number of amides is 1. The van der Waals surface area contributed by atoms with E-state index in [1.807, 2.05) is 33.8 Å². The first-order chi connectivity index (χ1) is 15.6. The summed E-state index contributed by atoms with van der Waals surface area (Å²) in [6.07, 6.45) is 1.67. The van der Waals surface area contributed by atoms with Crippen LogP contribution in [-0.4, -0.2) is 59.3 Å². The summed E-state index contributed by atoms with van der Waals surface area (Å²) in [6.45, 7) is 9.13. The lowest BCUT2D eigenvalue weighted by Crippen LogP contribution is -2.50. The van der Waals surface area contributed by atoms with E-state index in [2.05, 4.69) is 4.98 Å². The fourth-order valence-electron chi connectivity index (χ4n) is 4.00. The molecule has 0 spiro atoms. The Balaban J connectivity index is 1.38. The zero-order valence-corrected chi connectivity index (χ0v) is 20.9. The highest BCUT2D eigenvalue weighted by atomic mass is 32.2. The molecule has 176 valence electrons. The van der Waals surface area contributed by atoms with Gasteiger partial charge < -0.3 is 4.90 Å². The minimum Gasteiger partial charge on any atom is -0.340 e.